The van der Waals surface area contributed by atoms with E-state index in [1.54, 1.807) is 32.5 Å². The minimum atomic E-state index is -1.18. The number of aromatic hydroxyl groups is 1. The number of aryl methyl sites for hydroxylation is 1. The third-order valence-corrected chi connectivity index (χ3v) is 13.5. The van der Waals surface area contributed by atoms with Gasteiger partial charge < -0.3 is 34.3 Å². The van der Waals surface area contributed by atoms with Gasteiger partial charge in [-0.1, -0.05) is 46.8 Å². The number of phenolic OH excluding ortho intramolecular Hbond substituents is 1. The molecule has 0 aliphatic carbocycles. The first-order valence-corrected chi connectivity index (χ1v) is 23.6. The van der Waals surface area contributed by atoms with Gasteiger partial charge in [-0.2, -0.15) is 0 Å². The Morgan fingerprint density at radius 2 is 1.82 bits per heavy atom. The molecule has 16 heteroatoms. The van der Waals surface area contributed by atoms with Crippen molar-refractivity contribution < 1.29 is 38.6 Å². The predicted molar refractivity (Wildman–Crippen MR) is 255 cm³/mol. The Balaban J connectivity index is 1.29. The van der Waals surface area contributed by atoms with E-state index in [1.807, 2.05) is 45.9 Å². The average Bonchev–Trinajstić information content (AvgIpc) is 4.04. The first-order chi connectivity index (χ1) is 31.9. The standard InChI is InChI=1S/C51H68N8O8/c1-11-38-44(53-38)49(64)56(8)27-42(61)57(9)45(29(3)4)47(62)54-40-23-31-21-33(24-34(60)22-31)32-17-18-41-36(25-32)37(46(58(41)12-2)35-15-13-19-52-43(35)30(5)66-10)26-51(6,7)28-67-50(65)39-16-14-20-59(55-39)48(40)63/h13,15,17-19,21-22,24-25,29-30,38-40,44-45,53,55,60H,11-12,14,16,20,23,26-28H2,1-10H3,(H,54,62)/t30-,38-,39-,40-,44-,45-/m0/s1. The summed E-state index contributed by atoms with van der Waals surface area (Å²) < 4.78 is 14.2. The van der Waals surface area contributed by atoms with Crippen LogP contribution in [0.5, 0.6) is 5.75 Å². The molecule has 3 aliphatic heterocycles. The Kier molecular flexibility index (Phi) is 14.8. The first kappa shape index (κ1) is 49.1. The molecule has 67 heavy (non-hydrogen) atoms. The molecule has 5 heterocycles. The summed E-state index contributed by atoms with van der Waals surface area (Å²) >= 11 is 0. The molecule has 3 aliphatic rings. The number of likely N-dealkylation sites (N-methyl/N-ethyl adjacent to an activating group) is 2. The Bertz CT molecular complexity index is 2520. The molecule has 6 atom stereocenters. The minimum Gasteiger partial charge on any atom is -0.508 e. The molecule has 0 saturated carbocycles. The second-order valence-electron chi connectivity index (χ2n) is 19.6. The third-order valence-electron chi connectivity index (χ3n) is 13.5. The summed E-state index contributed by atoms with van der Waals surface area (Å²) in [6.45, 7) is 14.7. The van der Waals surface area contributed by atoms with E-state index in [1.165, 1.54) is 21.9 Å². The monoisotopic (exact) mass is 921 g/mol. The first-order valence-electron chi connectivity index (χ1n) is 23.6. The van der Waals surface area contributed by atoms with Gasteiger partial charge in [-0.25, -0.2) is 5.43 Å². The maximum absolute atomic E-state index is 14.7. The van der Waals surface area contributed by atoms with Crippen LogP contribution < -0.4 is 16.1 Å². The molecule has 2 aromatic carbocycles. The molecule has 2 aromatic heterocycles. The highest BCUT2D eigenvalue weighted by Gasteiger charge is 2.43. The van der Waals surface area contributed by atoms with E-state index in [2.05, 4.69) is 59.6 Å². The lowest BCUT2D eigenvalue weighted by molar-refractivity contribution is -0.155. The van der Waals surface area contributed by atoms with Crippen LogP contribution in [-0.2, 0) is 52.8 Å². The van der Waals surface area contributed by atoms with Crippen molar-refractivity contribution in [3.63, 3.8) is 0 Å². The fourth-order valence-corrected chi connectivity index (χ4v) is 9.81. The number of carbonyl (C=O) groups is 5. The second-order valence-corrected chi connectivity index (χ2v) is 19.6. The molecule has 6 bridgehead atoms. The fraction of sp³-hybridized carbons (Fsp3) is 0.529. The van der Waals surface area contributed by atoms with Gasteiger partial charge in [0.05, 0.1) is 30.6 Å². The topological polar surface area (TPSA) is 198 Å². The molecule has 4 amide bonds. The second kappa shape index (κ2) is 20.2. The summed E-state index contributed by atoms with van der Waals surface area (Å²) in [7, 11) is 4.77. The van der Waals surface area contributed by atoms with Crippen molar-refractivity contribution in [3.05, 3.63) is 71.5 Å². The van der Waals surface area contributed by atoms with Crippen molar-refractivity contribution in [1.82, 2.24) is 40.4 Å². The Morgan fingerprint density at radius 1 is 1.06 bits per heavy atom. The number of hydrazine groups is 1. The molecule has 4 aromatic rings. The van der Waals surface area contributed by atoms with Crippen molar-refractivity contribution in [2.45, 2.75) is 123 Å². The van der Waals surface area contributed by atoms with Crippen LogP contribution in [0.4, 0.5) is 0 Å². The van der Waals surface area contributed by atoms with Crippen molar-refractivity contribution in [2.75, 3.05) is 40.9 Å². The van der Waals surface area contributed by atoms with E-state index in [0.29, 0.717) is 36.9 Å². The molecular weight excluding hydrogens is 853 g/mol. The van der Waals surface area contributed by atoms with E-state index in [9.17, 15) is 29.1 Å². The number of hydrogen-bond acceptors (Lipinski definition) is 11. The lowest BCUT2D eigenvalue weighted by atomic mass is 9.84. The van der Waals surface area contributed by atoms with Crippen LogP contribution in [-0.4, -0.2) is 130 Å². The fourth-order valence-electron chi connectivity index (χ4n) is 9.81. The van der Waals surface area contributed by atoms with E-state index in [0.717, 1.165) is 45.4 Å². The number of pyridine rings is 1. The number of aromatic nitrogens is 2. The van der Waals surface area contributed by atoms with Gasteiger partial charge in [-0.05, 0) is 104 Å². The zero-order valence-electron chi connectivity index (χ0n) is 40.6. The Hall–Kier alpha value is -5.84. The number of benzene rings is 2. The Morgan fingerprint density at radius 3 is 2.51 bits per heavy atom. The maximum Gasteiger partial charge on any atom is 0.324 e. The zero-order chi connectivity index (χ0) is 48.5. The number of nitrogens with one attached hydrogen (secondary N) is 3. The SMILES string of the molecule is CC[C@@H]1N[C@@H]1C(=O)N(C)CC(=O)N(C)[C@H](C(=O)N[C@H]1Cc2cc(O)cc(c2)-c2ccc3c(c2)c(c(-c2cccnc2[C@H](C)OC)n3CC)CC(C)(C)COC(=O)[C@@H]2CCCN(N2)C1=O)C(C)C. The number of fused-ring (bicyclic) bond motifs is 6. The summed E-state index contributed by atoms with van der Waals surface area (Å²) in [4.78, 5) is 77.3. The van der Waals surface area contributed by atoms with E-state index >= 15 is 0 Å². The Labute approximate surface area is 393 Å². The number of carbonyl (C=O) groups excluding carboxylic acids is 5. The van der Waals surface area contributed by atoms with Crippen molar-refractivity contribution in [1.29, 1.82) is 0 Å². The molecule has 4 N–H and O–H groups in total. The number of amides is 4. The van der Waals surface area contributed by atoms with Crippen molar-refractivity contribution >= 4 is 40.5 Å². The number of ether oxygens (including phenoxy) is 2. The highest BCUT2D eigenvalue weighted by molar-refractivity contribution is 5.96. The number of methoxy groups -OCH3 is 1. The summed E-state index contributed by atoms with van der Waals surface area (Å²) in [6.07, 6.45) is 3.73. The van der Waals surface area contributed by atoms with Gasteiger partial charge in [-0.15, -0.1) is 0 Å². The number of hydrogen-bond donors (Lipinski definition) is 4. The number of cyclic esters (lactones) is 1. The van der Waals surface area contributed by atoms with Crippen LogP contribution in [0.25, 0.3) is 33.3 Å². The highest BCUT2D eigenvalue weighted by atomic mass is 16.5. The predicted octanol–water partition coefficient (Wildman–Crippen LogP) is 5.14. The van der Waals surface area contributed by atoms with Gasteiger partial charge in [0.1, 0.15) is 29.9 Å². The highest BCUT2D eigenvalue weighted by Crippen LogP contribution is 2.42. The van der Waals surface area contributed by atoms with Crippen LogP contribution in [0.1, 0.15) is 90.7 Å². The summed E-state index contributed by atoms with van der Waals surface area (Å²) in [5, 5.41) is 19.8. The van der Waals surface area contributed by atoms with Crippen LogP contribution in [0.15, 0.2) is 54.7 Å². The maximum atomic E-state index is 14.7. The average molecular weight is 921 g/mol. The summed E-state index contributed by atoms with van der Waals surface area (Å²) in [6, 6.07) is 12.2. The van der Waals surface area contributed by atoms with Crippen LogP contribution in [0.3, 0.4) is 0 Å². The number of rotatable bonds is 12. The van der Waals surface area contributed by atoms with E-state index in [-0.39, 0.29) is 61.9 Å². The molecule has 360 valence electrons. The lowest BCUT2D eigenvalue weighted by Gasteiger charge is -2.37. The number of nitrogens with zero attached hydrogens (tertiary/aromatic N) is 5. The third kappa shape index (κ3) is 10.5. The molecule has 0 radical (unpaired) electrons. The van der Waals surface area contributed by atoms with Crippen molar-refractivity contribution in [2.24, 2.45) is 11.3 Å². The van der Waals surface area contributed by atoms with Gasteiger partial charge in [0.15, 0.2) is 0 Å². The van der Waals surface area contributed by atoms with Crippen LogP contribution in [0, 0.1) is 11.3 Å². The van der Waals surface area contributed by atoms with Crippen molar-refractivity contribution in [3.8, 4) is 28.1 Å². The quantitative estimate of drug-likeness (QED) is 0.108. The summed E-state index contributed by atoms with van der Waals surface area (Å²) in [5.74, 6) is -2.54. The molecule has 7 rings (SSSR count). The van der Waals surface area contributed by atoms with Crippen LogP contribution in [0.2, 0.25) is 0 Å². The van der Waals surface area contributed by atoms with E-state index < -0.39 is 47.2 Å². The van der Waals surface area contributed by atoms with Gasteiger partial charge >= 0.3 is 5.97 Å². The molecule has 0 spiro atoms. The largest absolute Gasteiger partial charge is 0.508 e. The number of esters is 1. The zero-order valence-corrected chi connectivity index (χ0v) is 40.6. The van der Waals surface area contributed by atoms with Gasteiger partial charge in [0.2, 0.25) is 17.7 Å². The number of phenols is 1. The molecular formula is C51H68N8O8. The normalized spacial score (nSPS) is 21.6. The molecule has 0 unspecified atom stereocenters. The summed E-state index contributed by atoms with van der Waals surface area (Å²) in [5.41, 5.74) is 9.49. The lowest BCUT2D eigenvalue weighted by Crippen LogP contribution is -2.62. The van der Waals surface area contributed by atoms with E-state index in [4.69, 9.17) is 14.5 Å². The molecule has 16 nitrogen and oxygen atoms in total. The molecule has 2 fully saturated rings. The van der Waals surface area contributed by atoms with Gasteiger partial charge in [0.25, 0.3) is 5.91 Å². The van der Waals surface area contributed by atoms with Gasteiger partial charge in [-0.3, -0.25) is 39.3 Å². The van der Waals surface area contributed by atoms with Crippen LogP contribution >= 0.6 is 0 Å². The molecule has 2 saturated heterocycles. The minimum absolute atomic E-state index is 0.0177. The van der Waals surface area contributed by atoms with Gasteiger partial charge in [0, 0.05) is 74.8 Å². The smallest absolute Gasteiger partial charge is 0.324 e.